The highest BCUT2D eigenvalue weighted by Crippen LogP contribution is 2.32. The number of rotatable bonds is 3. The second kappa shape index (κ2) is 4.51. The third-order valence-electron chi connectivity index (χ3n) is 2.36. The number of nitrogens with one attached hydrogen (secondary N) is 1. The Kier molecular flexibility index (Phi) is 3.08. The molecule has 0 saturated carbocycles. The summed E-state index contributed by atoms with van der Waals surface area (Å²) in [6, 6.07) is 6.04. The molecule has 1 aliphatic rings. The number of hydroxylamine groups is 1. The van der Waals surface area contributed by atoms with E-state index in [4.69, 9.17) is 14.3 Å². The number of hydrogen-bond donors (Lipinski definition) is 1. The first-order valence-corrected chi connectivity index (χ1v) is 4.99. The van der Waals surface area contributed by atoms with Crippen LogP contribution in [0.1, 0.15) is 18.5 Å². The molecule has 0 bridgehead atoms. The van der Waals surface area contributed by atoms with Gasteiger partial charge in [0.25, 0.3) is 0 Å². The van der Waals surface area contributed by atoms with Crippen molar-refractivity contribution in [3.05, 3.63) is 23.8 Å². The zero-order valence-corrected chi connectivity index (χ0v) is 8.95. The van der Waals surface area contributed by atoms with Crippen molar-refractivity contribution in [1.82, 2.24) is 5.48 Å². The van der Waals surface area contributed by atoms with Crippen molar-refractivity contribution in [3.63, 3.8) is 0 Å². The monoisotopic (exact) mass is 209 g/mol. The molecule has 0 aliphatic carbocycles. The Morgan fingerprint density at radius 2 is 2.00 bits per heavy atom. The maximum atomic E-state index is 5.50. The fourth-order valence-corrected chi connectivity index (χ4v) is 1.57. The van der Waals surface area contributed by atoms with E-state index in [1.807, 2.05) is 25.1 Å². The van der Waals surface area contributed by atoms with Crippen LogP contribution < -0.4 is 15.0 Å². The average molecular weight is 209 g/mol. The van der Waals surface area contributed by atoms with E-state index < -0.39 is 0 Å². The maximum absolute atomic E-state index is 5.50. The smallest absolute Gasteiger partial charge is 0.161 e. The summed E-state index contributed by atoms with van der Waals surface area (Å²) >= 11 is 0. The molecular formula is C11H15NO3. The van der Waals surface area contributed by atoms with Crippen molar-refractivity contribution in [3.8, 4) is 11.5 Å². The van der Waals surface area contributed by atoms with Crippen LogP contribution in [0.4, 0.5) is 0 Å². The van der Waals surface area contributed by atoms with Gasteiger partial charge in [0.15, 0.2) is 11.5 Å². The molecule has 4 nitrogen and oxygen atoms in total. The minimum absolute atomic E-state index is 0.130. The van der Waals surface area contributed by atoms with Crippen molar-refractivity contribution < 1.29 is 14.3 Å². The first-order valence-electron chi connectivity index (χ1n) is 4.99. The van der Waals surface area contributed by atoms with Gasteiger partial charge in [-0.05, 0) is 24.6 Å². The highest BCUT2D eigenvalue weighted by Gasteiger charge is 2.13. The van der Waals surface area contributed by atoms with Gasteiger partial charge in [0.1, 0.15) is 13.2 Å². The normalized spacial score (nSPS) is 16.1. The van der Waals surface area contributed by atoms with Gasteiger partial charge in [-0.1, -0.05) is 6.07 Å². The molecule has 0 radical (unpaired) electrons. The van der Waals surface area contributed by atoms with Crippen LogP contribution in [0.2, 0.25) is 0 Å². The van der Waals surface area contributed by atoms with E-state index in [0.29, 0.717) is 13.2 Å². The van der Waals surface area contributed by atoms with Gasteiger partial charge in [-0.3, -0.25) is 0 Å². The fourth-order valence-electron chi connectivity index (χ4n) is 1.57. The fraction of sp³-hybridized carbons (Fsp3) is 0.455. The zero-order valence-electron chi connectivity index (χ0n) is 8.95. The van der Waals surface area contributed by atoms with Gasteiger partial charge in [-0.25, -0.2) is 0 Å². The predicted molar refractivity (Wildman–Crippen MR) is 56.0 cm³/mol. The molecular weight excluding hydrogens is 194 g/mol. The van der Waals surface area contributed by atoms with E-state index in [-0.39, 0.29) is 6.04 Å². The molecule has 1 heterocycles. The lowest BCUT2D eigenvalue weighted by Gasteiger charge is -2.20. The molecule has 0 saturated heterocycles. The SMILES string of the molecule is CONC(C)c1ccc2c(c1)OCCO2. The Bertz CT molecular complexity index is 341. The highest BCUT2D eigenvalue weighted by molar-refractivity contribution is 5.44. The van der Waals surface area contributed by atoms with Crippen molar-refractivity contribution in [2.24, 2.45) is 0 Å². The van der Waals surface area contributed by atoms with Crippen molar-refractivity contribution in [2.75, 3.05) is 20.3 Å². The molecule has 1 N–H and O–H groups in total. The van der Waals surface area contributed by atoms with Gasteiger partial charge in [0.2, 0.25) is 0 Å². The van der Waals surface area contributed by atoms with Crippen LogP contribution in [0.5, 0.6) is 11.5 Å². The molecule has 0 spiro atoms. The molecule has 1 aliphatic heterocycles. The number of fused-ring (bicyclic) bond motifs is 1. The first kappa shape index (κ1) is 10.3. The largest absolute Gasteiger partial charge is 0.486 e. The molecule has 0 fully saturated rings. The van der Waals surface area contributed by atoms with Crippen LogP contribution in [0.25, 0.3) is 0 Å². The lowest BCUT2D eigenvalue weighted by Crippen LogP contribution is -2.18. The van der Waals surface area contributed by atoms with Crippen LogP contribution in [0, 0.1) is 0 Å². The Morgan fingerprint density at radius 3 is 2.73 bits per heavy atom. The van der Waals surface area contributed by atoms with Gasteiger partial charge in [-0.2, -0.15) is 5.48 Å². The van der Waals surface area contributed by atoms with Gasteiger partial charge in [-0.15, -0.1) is 0 Å². The van der Waals surface area contributed by atoms with E-state index in [1.54, 1.807) is 7.11 Å². The molecule has 0 aromatic heterocycles. The van der Waals surface area contributed by atoms with Crippen LogP contribution in [0.3, 0.4) is 0 Å². The highest BCUT2D eigenvalue weighted by atomic mass is 16.6. The molecule has 1 aromatic rings. The van der Waals surface area contributed by atoms with E-state index in [0.717, 1.165) is 17.1 Å². The number of hydrogen-bond acceptors (Lipinski definition) is 4. The van der Waals surface area contributed by atoms with E-state index in [2.05, 4.69) is 5.48 Å². The summed E-state index contributed by atoms with van der Waals surface area (Å²) in [5.41, 5.74) is 3.98. The molecule has 1 aromatic carbocycles. The summed E-state index contributed by atoms with van der Waals surface area (Å²) in [7, 11) is 1.61. The Labute approximate surface area is 89.1 Å². The molecule has 82 valence electrons. The summed E-state index contributed by atoms with van der Waals surface area (Å²) in [6.07, 6.45) is 0. The van der Waals surface area contributed by atoms with Gasteiger partial charge >= 0.3 is 0 Å². The van der Waals surface area contributed by atoms with Crippen molar-refractivity contribution in [2.45, 2.75) is 13.0 Å². The van der Waals surface area contributed by atoms with Crippen LogP contribution in [-0.4, -0.2) is 20.3 Å². The van der Waals surface area contributed by atoms with Crippen molar-refractivity contribution in [1.29, 1.82) is 0 Å². The van der Waals surface area contributed by atoms with E-state index in [9.17, 15) is 0 Å². The molecule has 2 rings (SSSR count). The van der Waals surface area contributed by atoms with Crippen LogP contribution in [-0.2, 0) is 4.84 Å². The molecule has 1 atom stereocenters. The van der Waals surface area contributed by atoms with Crippen molar-refractivity contribution >= 4 is 0 Å². The minimum Gasteiger partial charge on any atom is -0.486 e. The molecule has 15 heavy (non-hydrogen) atoms. The lowest BCUT2D eigenvalue weighted by atomic mass is 10.1. The third kappa shape index (κ3) is 2.22. The Morgan fingerprint density at radius 1 is 1.27 bits per heavy atom. The summed E-state index contributed by atoms with van der Waals surface area (Å²) in [5, 5.41) is 0. The Balaban J connectivity index is 2.20. The van der Waals surface area contributed by atoms with Crippen LogP contribution in [0.15, 0.2) is 18.2 Å². The molecule has 4 heteroatoms. The van der Waals surface area contributed by atoms with Gasteiger partial charge < -0.3 is 14.3 Å². The predicted octanol–water partition coefficient (Wildman–Crippen LogP) is 1.67. The Hall–Kier alpha value is -1.26. The lowest BCUT2D eigenvalue weighted by molar-refractivity contribution is 0.0657. The zero-order chi connectivity index (χ0) is 10.7. The van der Waals surface area contributed by atoms with Gasteiger partial charge in [0, 0.05) is 0 Å². The summed E-state index contributed by atoms with van der Waals surface area (Å²) in [4.78, 5) is 4.88. The second-order valence-corrected chi connectivity index (χ2v) is 3.45. The second-order valence-electron chi connectivity index (χ2n) is 3.45. The topological polar surface area (TPSA) is 39.7 Å². The maximum Gasteiger partial charge on any atom is 0.161 e. The summed E-state index contributed by atoms with van der Waals surface area (Å²) in [5.74, 6) is 1.62. The van der Waals surface area contributed by atoms with Crippen LogP contribution >= 0.6 is 0 Å². The molecule has 1 unspecified atom stereocenters. The van der Waals surface area contributed by atoms with E-state index >= 15 is 0 Å². The molecule has 0 amide bonds. The number of benzene rings is 1. The summed E-state index contributed by atoms with van der Waals surface area (Å²) < 4.78 is 10.9. The minimum atomic E-state index is 0.130. The number of ether oxygens (including phenoxy) is 2. The third-order valence-corrected chi connectivity index (χ3v) is 2.36. The average Bonchev–Trinajstić information content (AvgIpc) is 2.29. The summed E-state index contributed by atoms with van der Waals surface area (Å²) in [6.45, 7) is 3.26. The van der Waals surface area contributed by atoms with Gasteiger partial charge in [0.05, 0.1) is 13.2 Å². The standard InChI is InChI=1S/C11H15NO3/c1-8(12-13-2)9-3-4-10-11(7-9)15-6-5-14-10/h3-4,7-8,12H,5-6H2,1-2H3. The first-order chi connectivity index (χ1) is 7.31. The quantitative estimate of drug-likeness (QED) is 0.769. The van der Waals surface area contributed by atoms with E-state index in [1.165, 1.54) is 0 Å².